The molecule has 2 aliphatic heterocycles. The van der Waals surface area contributed by atoms with Gasteiger partial charge < -0.3 is 19.9 Å². The van der Waals surface area contributed by atoms with Crippen LogP contribution in [0.2, 0.25) is 0 Å². The van der Waals surface area contributed by atoms with Crippen molar-refractivity contribution in [2.75, 3.05) is 19.7 Å². The zero-order valence-electron chi connectivity index (χ0n) is 14.1. The quantitative estimate of drug-likeness (QED) is 0.833. The highest BCUT2D eigenvalue weighted by Crippen LogP contribution is 2.31. The number of nitrogens with one attached hydrogen (secondary N) is 2. The maximum Gasteiger partial charge on any atom is 0.355 e. The summed E-state index contributed by atoms with van der Waals surface area (Å²) in [5, 5.41) is 3.41. The van der Waals surface area contributed by atoms with Gasteiger partial charge in [0.2, 0.25) is 0 Å². The fourth-order valence-corrected chi connectivity index (χ4v) is 3.92. The average molecular weight is 319 g/mol. The van der Waals surface area contributed by atoms with Gasteiger partial charge in [-0.25, -0.2) is 4.79 Å². The first-order valence-electron chi connectivity index (χ1n) is 8.44. The molecule has 0 saturated carbocycles. The molecule has 2 aliphatic rings. The predicted octanol–water partition coefficient (Wildman–Crippen LogP) is 1.77. The molecule has 2 N–H and O–H groups in total. The number of nitrogens with zero attached hydrogens (tertiary/aromatic N) is 1. The molecule has 23 heavy (non-hydrogen) atoms. The first-order valence-corrected chi connectivity index (χ1v) is 8.44. The van der Waals surface area contributed by atoms with Crippen LogP contribution < -0.4 is 5.32 Å². The summed E-state index contributed by atoms with van der Waals surface area (Å²) >= 11 is 0. The number of hydrogen-bond acceptors (Lipinski definition) is 4. The van der Waals surface area contributed by atoms with Gasteiger partial charge in [0.25, 0.3) is 5.91 Å². The van der Waals surface area contributed by atoms with E-state index in [0.29, 0.717) is 29.5 Å². The van der Waals surface area contributed by atoms with Crippen molar-refractivity contribution in [2.24, 2.45) is 0 Å². The molecule has 1 amide bonds. The Labute approximate surface area is 136 Å². The molecule has 0 spiro atoms. The summed E-state index contributed by atoms with van der Waals surface area (Å²) in [6.45, 7) is 7.58. The molecule has 0 unspecified atom stereocenters. The highest BCUT2D eigenvalue weighted by molar-refractivity contribution is 6.01. The van der Waals surface area contributed by atoms with Crippen LogP contribution in [-0.4, -0.2) is 53.5 Å². The topological polar surface area (TPSA) is 74.4 Å². The van der Waals surface area contributed by atoms with E-state index in [4.69, 9.17) is 4.74 Å². The van der Waals surface area contributed by atoms with Crippen LogP contribution in [0.1, 0.15) is 58.3 Å². The summed E-state index contributed by atoms with van der Waals surface area (Å²) in [6, 6.07) is 0.567. The zero-order valence-corrected chi connectivity index (χ0v) is 14.1. The van der Waals surface area contributed by atoms with Crippen LogP contribution >= 0.6 is 0 Å². The molecule has 6 heteroatoms. The van der Waals surface area contributed by atoms with Crippen LogP contribution in [0.3, 0.4) is 0 Å². The molecular formula is C17H25N3O3. The molecule has 1 aromatic heterocycles. The van der Waals surface area contributed by atoms with E-state index in [2.05, 4.69) is 10.3 Å². The van der Waals surface area contributed by atoms with E-state index in [1.807, 2.05) is 18.7 Å². The van der Waals surface area contributed by atoms with E-state index in [1.165, 1.54) is 0 Å². The maximum absolute atomic E-state index is 13.2. The van der Waals surface area contributed by atoms with E-state index in [1.54, 1.807) is 6.92 Å². The predicted molar refractivity (Wildman–Crippen MR) is 86.7 cm³/mol. The number of carbonyl (C=O) groups excluding carboxylic acids is 2. The lowest BCUT2D eigenvalue weighted by atomic mass is 10.1. The average Bonchev–Trinajstić information content (AvgIpc) is 2.94. The molecule has 2 atom stereocenters. The number of aromatic nitrogens is 1. The monoisotopic (exact) mass is 319 g/mol. The smallest absolute Gasteiger partial charge is 0.355 e. The second-order valence-electron chi connectivity index (χ2n) is 6.44. The Morgan fingerprint density at radius 2 is 1.96 bits per heavy atom. The van der Waals surface area contributed by atoms with Gasteiger partial charge in [-0.05, 0) is 52.1 Å². The van der Waals surface area contributed by atoms with Crippen molar-refractivity contribution in [2.45, 2.75) is 52.1 Å². The molecule has 2 saturated heterocycles. The molecule has 0 radical (unpaired) electrons. The third kappa shape index (κ3) is 2.76. The highest BCUT2D eigenvalue weighted by atomic mass is 16.5. The summed E-state index contributed by atoms with van der Waals surface area (Å²) in [5.74, 6) is -0.351. The third-order valence-electron chi connectivity index (χ3n) is 5.02. The Hall–Kier alpha value is -1.82. The fraction of sp³-hybridized carbons (Fsp3) is 0.647. The van der Waals surface area contributed by atoms with E-state index in [-0.39, 0.29) is 11.9 Å². The lowest BCUT2D eigenvalue weighted by molar-refractivity contribution is 0.0519. The second kappa shape index (κ2) is 6.35. The van der Waals surface area contributed by atoms with Crippen molar-refractivity contribution in [3.63, 3.8) is 0 Å². The molecule has 2 bridgehead atoms. The van der Waals surface area contributed by atoms with Crippen molar-refractivity contribution < 1.29 is 14.3 Å². The number of H-pyrrole nitrogens is 1. The molecule has 0 aliphatic carbocycles. The van der Waals surface area contributed by atoms with Crippen LogP contribution in [0.15, 0.2) is 0 Å². The maximum atomic E-state index is 13.2. The zero-order chi connectivity index (χ0) is 16.6. The van der Waals surface area contributed by atoms with E-state index in [9.17, 15) is 9.59 Å². The highest BCUT2D eigenvalue weighted by Gasteiger charge is 2.40. The molecule has 126 valence electrons. The van der Waals surface area contributed by atoms with Crippen molar-refractivity contribution in [3.8, 4) is 0 Å². The van der Waals surface area contributed by atoms with Crippen molar-refractivity contribution in [1.29, 1.82) is 0 Å². The van der Waals surface area contributed by atoms with Crippen molar-refractivity contribution >= 4 is 11.9 Å². The first-order chi connectivity index (χ1) is 11.0. The number of fused-ring (bicyclic) bond motifs is 2. The summed E-state index contributed by atoms with van der Waals surface area (Å²) in [6.07, 6.45) is 3.12. The van der Waals surface area contributed by atoms with Gasteiger partial charge in [-0.3, -0.25) is 4.79 Å². The molecule has 2 fully saturated rings. The van der Waals surface area contributed by atoms with Crippen LogP contribution in [0.5, 0.6) is 0 Å². The number of aryl methyl sites for hydroxylation is 1. The molecular weight excluding hydrogens is 294 g/mol. The standard InChI is InChI=1S/C17H25N3O3/c1-4-23-17(22)15-10(2)14(11(3)19-15)16(21)20-12-5-6-13(20)9-18-8-7-12/h12-13,18-19H,4-9H2,1-3H3/t12-,13+/m0/s1. The third-order valence-corrected chi connectivity index (χ3v) is 5.02. The van der Waals surface area contributed by atoms with Crippen LogP contribution in [0.4, 0.5) is 0 Å². The Morgan fingerprint density at radius 3 is 2.70 bits per heavy atom. The van der Waals surface area contributed by atoms with Gasteiger partial charge >= 0.3 is 5.97 Å². The van der Waals surface area contributed by atoms with Gasteiger partial charge in [0.05, 0.1) is 12.2 Å². The minimum absolute atomic E-state index is 0.0444. The summed E-state index contributed by atoms with van der Waals surface area (Å²) < 4.78 is 5.07. The number of amides is 1. The van der Waals surface area contributed by atoms with Crippen LogP contribution in [0.25, 0.3) is 0 Å². The van der Waals surface area contributed by atoms with Gasteiger partial charge in [-0.2, -0.15) is 0 Å². The lowest BCUT2D eigenvalue weighted by Gasteiger charge is -2.28. The van der Waals surface area contributed by atoms with Crippen molar-refractivity contribution in [1.82, 2.24) is 15.2 Å². The molecule has 1 aromatic rings. The second-order valence-corrected chi connectivity index (χ2v) is 6.44. The van der Waals surface area contributed by atoms with Gasteiger partial charge in [-0.1, -0.05) is 0 Å². The Balaban J connectivity index is 1.92. The SMILES string of the molecule is CCOC(=O)c1[nH]c(C)c(C(=O)N2[C@@H]3CCNC[C@H]2CC3)c1C. The molecule has 3 rings (SSSR count). The normalized spacial score (nSPS) is 23.7. The Kier molecular flexibility index (Phi) is 4.43. The largest absolute Gasteiger partial charge is 0.461 e. The number of aromatic amines is 1. The van der Waals surface area contributed by atoms with E-state index < -0.39 is 5.97 Å². The molecule has 3 heterocycles. The fourth-order valence-electron chi connectivity index (χ4n) is 3.92. The number of carbonyl (C=O) groups is 2. The van der Waals surface area contributed by atoms with Crippen LogP contribution in [0, 0.1) is 13.8 Å². The van der Waals surface area contributed by atoms with Crippen LogP contribution in [-0.2, 0) is 4.74 Å². The number of hydrogen-bond donors (Lipinski definition) is 2. The summed E-state index contributed by atoms with van der Waals surface area (Å²) in [7, 11) is 0. The summed E-state index contributed by atoms with van der Waals surface area (Å²) in [5.41, 5.74) is 2.47. The van der Waals surface area contributed by atoms with E-state index in [0.717, 1.165) is 38.0 Å². The van der Waals surface area contributed by atoms with Gasteiger partial charge in [0, 0.05) is 24.3 Å². The number of esters is 1. The Morgan fingerprint density at radius 1 is 1.22 bits per heavy atom. The summed E-state index contributed by atoms with van der Waals surface area (Å²) in [4.78, 5) is 30.3. The molecule has 0 aromatic carbocycles. The van der Waals surface area contributed by atoms with E-state index >= 15 is 0 Å². The number of ether oxygens (including phenoxy) is 1. The lowest BCUT2D eigenvalue weighted by Crippen LogP contribution is -2.42. The van der Waals surface area contributed by atoms with Gasteiger partial charge in [-0.15, -0.1) is 0 Å². The minimum Gasteiger partial charge on any atom is -0.461 e. The first kappa shape index (κ1) is 16.1. The molecule has 6 nitrogen and oxygen atoms in total. The minimum atomic E-state index is -0.396. The van der Waals surface area contributed by atoms with Crippen molar-refractivity contribution in [3.05, 3.63) is 22.5 Å². The Bertz CT molecular complexity index is 609. The van der Waals surface area contributed by atoms with Gasteiger partial charge in [0.1, 0.15) is 5.69 Å². The number of rotatable bonds is 3. The van der Waals surface area contributed by atoms with Gasteiger partial charge in [0.15, 0.2) is 0 Å².